The third kappa shape index (κ3) is 5.13. The lowest BCUT2D eigenvalue weighted by Crippen LogP contribution is -2.34. The summed E-state index contributed by atoms with van der Waals surface area (Å²) in [4.78, 5) is 17.1. The Kier molecular flexibility index (Phi) is 5.42. The number of fused-ring (bicyclic) bond motifs is 1. The van der Waals surface area contributed by atoms with Crippen LogP contribution in [0.2, 0.25) is 0 Å². The van der Waals surface area contributed by atoms with E-state index in [1.807, 2.05) is 51.2 Å². The van der Waals surface area contributed by atoms with Gasteiger partial charge < -0.3 is 15.4 Å². The Morgan fingerprint density at radius 3 is 2.52 bits per heavy atom. The Labute approximate surface area is 137 Å². The van der Waals surface area contributed by atoms with Gasteiger partial charge in [0.05, 0.1) is 0 Å². The van der Waals surface area contributed by atoms with Crippen LogP contribution in [-0.2, 0) is 4.74 Å². The number of amides is 1. The summed E-state index contributed by atoms with van der Waals surface area (Å²) >= 11 is 0. The smallest absolute Gasteiger partial charge is 0.410 e. The van der Waals surface area contributed by atoms with Crippen molar-refractivity contribution in [3.05, 3.63) is 36.7 Å². The molecule has 2 N–H and O–H groups in total. The fraction of sp³-hybridized carbons (Fsp3) is 0.444. The first-order valence-corrected chi connectivity index (χ1v) is 7.93. The number of pyridine rings is 1. The van der Waals surface area contributed by atoms with Gasteiger partial charge in [-0.05, 0) is 45.7 Å². The second-order valence-corrected chi connectivity index (χ2v) is 6.62. The highest BCUT2D eigenvalue weighted by molar-refractivity contribution is 5.91. The van der Waals surface area contributed by atoms with Crippen LogP contribution in [0.15, 0.2) is 36.7 Å². The number of aromatic nitrogens is 1. The van der Waals surface area contributed by atoms with E-state index in [0.29, 0.717) is 0 Å². The average Bonchev–Trinajstić information content (AvgIpc) is 3.01. The topological polar surface area (TPSA) is 68.5 Å². The van der Waals surface area contributed by atoms with Crippen LogP contribution in [0.25, 0.3) is 10.8 Å². The van der Waals surface area contributed by atoms with Crippen molar-refractivity contribution in [2.45, 2.75) is 39.2 Å². The van der Waals surface area contributed by atoms with Crippen molar-refractivity contribution in [2.75, 3.05) is 18.8 Å². The summed E-state index contributed by atoms with van der Waals surface area (Å²) in [6.45, 7) is 7.38. The third-order valence-electron chi connectivity index (χ3n) is 3.47. The van der Waals surface area contributed by atoms with Gasteiger partial charge in [0.25, 0.3) is 0 Å². The van der Waals surface area contributed by atoms with E-state index in [4.69, 9.17) is 10.5 Å². The maximum Gasteiger partial charge on any atom is 0.410 e. The van der Waals surface area contributed by atoms with Crippen LogP contribution in [0.1, 0.15) is 33.6 Å². The van der Waals surface area contributed by atoms with E-state index in [2.05, 4.69) is 4.98 Å². The number of hydrogen-bond donors (Lipinski definition) is 1. The molecule has 0 bridgehead atoms. The first kappa shape index (κ1) is 17.1. The SMILES string of the molecule is CC(C)(C)OC(=O)N1CCCC1.Nc1cccc2cnccc12. The number of benzene rings is 1. The molecule has 1 aromatic heterocycles. The minimum absolute atomic E-state index is 0.167. The molecule has 0 unspecified atom stereocenters. The Morgan fingerprint density at radius 2 is 1.91 bits per heavy atom. The molecule has 0 saturated carbocycles. The van der Waals surface area contributed by atoms with E-state index in [1.54, 1.807) is 11.1 Å². The number of rotatable bonds is 0. The number of carbonyl (C=O) groups excluding carboxylic acids is 1. The Hall–Kier alpha value is -2.30. The van der Waals surface area contributed by atoms with Crippen LogP contribution in [0.5, 0.6) is 0 Å². The van der Waals surface area contributed by atoms with Gasteiger partial charge in [0.2, 0.25) is 0 Å². The number of nitrogens with two attached hydrogens (primary N) is 1. The van der Waals surface area contributed by atoms with Crippen molar-refractivity contribution < 1.29 is 9.53 Å². The molecule has 1 saturated heterocycles. The van der Waals surface area contributed by atoms with Crippen molar-refractivity contribution in [3.63, 3.8) is 0 Å². The fourth-order valence-electron chi connectivity index (χ4n) is 2.37. The maximum absolute atomic E-state index is 11.4. The first-order valence-electron chi connectivity index (χ1n) is 7.93. The maximum atomic E-state index is 11.4. The molecule has 3 rings (SSSR count). The van der Waals surface area contributed by atoms with Crippen LogP contribution >= 0.6 is 0 Å². The summed E-state index contributed by atoms with van der Waals surface area (Å²) in [7, 11) is 0. The van der Waals surface area contributed by atoms with Crippen molar-refractivity contribution in [1.29, 1.82) is 0 Å². The van der Waals surface area contributed by atoms with Gasteiger partial charge in [0, 0.05) is 41.9 Å². The van der Waals surface area contributed by atoms with E-state index < -0.39 is 0 Å². The van der Waals surface area contributed by atoms with E-state index in [-0.39, 0.29) is 11.7 Å². The molecule has 2 heterocycles. The Morgan fingerprint density at radius 1 is 1.22 bits per heavy atom. The molecule has 1 aliphatic heterocycles. The number of carbonyl (C=O) groups is 1. The number of ether oxygens (including phenoxy) is 1. The van der Waals surface area contributed by atoms with Crippen LogP contribution in [0, 0.1) is 0 Å². The molecule has 0 aliphatic carbocycles. The Balaban J connectivity index is 0.000000167. The normalized spacial score (nSPS) is 14.3. The van der Waals surface area contributed by atoms with Crippen LogP contribution in [-0.4, -0.2) is 34.7 Å². The zero-order valence-corrected chi connectivity index (χ0v) is 14.1. The molecule has 5 nitrogen and oxygen atoms in total. The van der Waals surface area contributed by atoms with Gasteiger partial charge in [0.15, 0.2) is 0 Å². The molecule has 0 spiro atoms. The molecule has 1 fully saturated rings. The first-order chi connectivity index (χ1) is 10.9. The highest BCUT2D eigenvalue weighted by Gasteiger charge is 2.23. The van der Waals surface area contributed by atoms with Crippen LogP contribution in [0.3, 0.4) is 0 Å². The molecular weight excluding hydrogens is 290 g/mol. The fourth-order valence-corrected chi connectivity index (χ4v) is 2.37. The minimum Gasteiger partial charge on any atom is -0.444 e. The molecular formula is C18H25N3O2. The summed E-state index contributed by atoms with van der Waals surface area (Å²) in [5.41, 5.74) is 6.18. The van der Waals surface area contributed by atoms with Gasteiger partial charge in [-0.25, -0.2) is 4.79 Å². The monoisotopic (exact) mass is 315 g/mol. The zero-order valence-electron chi connectivity index (χ0n) is 14.1. The molecule has 23 heavy (non-hydrogen) atoms. The summed E-state index contributed by atoms with van der Waals surface area (Å²) in [6.07, 6.45) is 5.61. The minimum atomic E-state index is -0.361. The molecule has 0 atom stereocenters. The van der Waals surface area contributed by atoms with Crippen LogP contribution in [0.4, 0.5) is 10.5 Å². The van der Waals surface area contributed by atoms with Gasteiger partial charge in [-0.2, -0.15) is 0 Å². The summed E-state index contributed by atoms with van der Waals surface area (Å²) in [5, 5.41) is 2.16. The van der Waals surface area contributed by atoms with Gasteiger partial charge in [-0.15, -0.1) is 0 Å². The molecule has 0 radical (unpaired) electrons. The predicted molar refractivity (Wildman–Crippen MR) is 93.2 cm³/mol. The van der Waals surface area contributed by atoms with Gasteiger partial charge in [0.1, 0.15) is 5.60 Å². The second kappa shape index (κ2) is 7.31. The average molecular weight is 315 g/mol. The standard InChI is InChI=1S/C9H8N2.C9H17NO2/c10-9-3-1-2-7-6-11-5-4-8(7)9;1-9(2,3)12-8(11)10-6-4-5-7-10/h1-6H,10H2;4-7H2,1-3H3. The molecule has 124 valence electrons. The highest BCUT2D eigenvalue weighted by atomic mass is 16.6. The van der Waals surface area contributed by atoms with E-state index in [9.17, 15) is 4.79 Å². The van der Waals surface area contributed by atoms with Gasteiger partial charge in [-0.3, -0.25) is 4.98 Å². The molecule has 1 aromatic carbocycles. The summed E-state index contributed by atoms with van der Waals surface area (Å²) < 4.78 is 5.21. The van der Waals surface area contributed by atoms with Crippen molar-refractivity contribution in [3.8, 4) is 0 Å². The van der Waals surface area contributed by atoms with Crippen molar-refractivity contribution in [2.24, 2.45) is 0 Å². The highest BCUT2D eigenvalue weighted by Crippen LogP contribution is 2.18. The lowest BCUT2D eigenvalue weighted by Gasteiger charge is -2.23. The zero-order chi connectivity index (χ0) is 16.9. The van der Waals surface area contributed by atoms with E-state index in [1.165, 1.54) is 0 Å². The number of anilines is 1. The molecule has 5 heteroatoms. The largest absolute Gasteiger partial charge is 0.444 e. The van der Waals surface area contributed by atoms with Gasteiger partial charge in [-0.1, -0.05) is 12.1 Å². The van der Waals surface area contributed by atoms with Crippen molar-refractivity contribution in [1.82, 2.24) is 9.88 Å². The summed E-state index contributed by atoms with van der Waals surface area (Å²) in [6, 6.07) is 7.74. The predicted octanol–water partition coefficient (Wildman–Crippen LogP) is 3.83. The molecule has 2 aromatic rings. The summed E-state index contributed by atoms with van der Waals surface area (Å²) in [5.74, 6) is 0. The molecule has 1 amide bonds. The quantitative estimate of drug-likeness (QED) is 0.750. The second-order valence-electron chi connectivity index (χ2n) is 6.62. The van der Waals surface area contributed by atoms with E-state index >= 15 is 0 Å². The Bertz CT molecular complexity index is 653. The third-order valence-corrected chi connectivity index (χ3v) is 3.47. The molecule has 1 aliphatic rings. The van der Waals surface area contributed by atoms with Gasteiger partial charge >= 0.3 is 6.09 Å². The van der Waals surface area contributed by atoms with E-state index in [0.717, 1.165) is 42.4 Å². The number of nitrogens with zero attached hydrogens (tertiary/aromatic N) is 2. The number of hydrogen-bond acceptors (Lipinski definition) is 4. The lowest BCUT2D eigenvalue weighted by molar-refractivity contribution is 0.0295. The number of likely N-dealkylation sites (tertiary alicyclic amines) is 1. The van der Waals surface area contributed by atoms with Crippen LogP contribution < -0.4 is 5.73 Å². The van der Waals surface area contributed by atoms with Crippen molar-refractivity contribution >= 4 is 22.6 Å². The lowest BCUT2D eigenvalue weighted by atomic mass is 10.1. The number of nitrogen functional groups attached to an aromatic ring is 1.